The highest BCUT2D eigenvalue weighted by Gasteiger charge is 2.13. The SMILES string of the molecule is COc1ccc(CCN(C)CC(C)C(=O)O)cc1F. The number of carboxylic acids is 1. The molecule has 0 bridgehead atoms. The van der Waals surface area contributed by atoms with Crippen molar-refractivity contribution in [3.05, 3.63) is 29.6 Å². The molecule has 0 aliphatic rings. The number of likely N-dealkylation sites (N-methyl/N-ethyl adjacent to an activating group) is 1. The van der Waals surface area contributed by atoms with Crippen molar-refractivity contribution in [3.63, 3.8) is 0 Å². The molecule has 0 aliphatic carbocycles. The van der Waals surface area contributed by atoms with Gasteiger partial charge in [-0.05, 0) is 31.2 Å². The zero-order valence-electron chi connectivity index (χ0n) is 11.5. The van der Waals surface area contributed by atoms with Gasteiger partial charge in [0.15, 0.2) is 11.6 Å². The topological polar surface area (TPSA) is 49.8 Å². The summed E-state index contributed by atoms with van der Waals surface area (Å²) in [6.07, 6.45) is 0.670. The summed E-state index contributed by atoms with van der Waals surface area (Å²) >= 11 is 0. The largest absolute Gasteiger partial charge is 0.494 e. The molecule has 0 saturated heterocycles. The molecule has 0 radical (unpaired) electrons. The van der Waals surface area contributed by atoms with E-state index in [4.69, 9.17) is 9.84 Å². The van der Waals surface area contributed by atoms with Crippen LogP contribution in [-0.4, -0.2) is 43.2 Å². The Morgan fingerprint density at radius 1 is 1.53 bits per heavy atom. The zero-order valence-corrected chi connectivity index (χ0v) is 11.5. The summed E-state index contributed by atoms with van der Waals surface area (Å²) in [5.41, 5.74) is 0.869. The number of halogens is 1. The fourth-order valence-corrected chi connectivity index (χ4v) is 1.82. The maximum Gasteiger partial charge on any atom is 0.307 e. The van der Waals surface area contributed by atoms with Gasteiger partial charge in [-0.15, -0.1) is 0 Å². The molecule has 1 unspecified atom stereocenters. The Bertz CT molecular complexity index is 437. The summed E-state index contributed by atoms with van der Waals surface area (Å²) in [5, 5.41) is 8.82. The molecular weight excluding hydrogens is 249 g/mol. The first-order valence-electron chi connectivity index (χ1n) is 6.17. The van der Waals surface area contributed by atoms with Gasteiger partial charge in [-0.2, -0.15) is 0 Å². The predicted octanol–water partition coefficient (Wildman–Crippen LogP) is 2.03. The molecule has 1 aromatic carbocycles. The van der Waals surface area contributed by atoms with E-state index in [1.165, 1.54) is 13.2 Å². The third-order valence-electron chi connectivity index (χ3n) is 3.01. The van der Waals surface area contributed by atoms with Gasteiger partial charge in [0.2, 0.25) is 0 Å². The molecule has 0 fully saturated rings. The Morgan fingerprint density at radius 2 is 2.21 bits per heavy atom. The predicted molar refractivity (Wildman–Crippen MR) is 71.0 cm³/mol. The van der Waals surface area contributed by atoms with Crippen molar-refractivity contribution >= 4 is 5.97 Å². The number of aliphatic carboxylic acids is 1. The fraction of sp³-hybridized carbons (Fsp3) is 0.500. The third-order valence-corrected chi connectivity index (χ3v) is 3.01. The second-order valence-corrected chi connectivity index (χ2v) is 4.72. The van der Waals surface area contributed by atoms with Crippen molar-refractivity contribution in [2.45, 2.75) is 13.3 Å². The fourth-order valence-electron chi connectivity index (χ4n) is 1.82. The number of carboxylic acid groups (broad SMARTS) is 1. The maximum atomic E-state index is 13.5. The monoisotopic (exact) mass is 269 g/mol. The van der Waals surface area contributed by atoms with Gasteiger partial charge >= 0.3 is 5.97 Å². The lowest BCUT2D eigenvalue weighted by molar-refractivity contribution is -0.141. The van der Waals surface area contributed by atoms with Crippen molar-refractivity contribution in [2.75, 3.05) is 27.2 Å². The number of nitrogens with zero attached hydrogens (tertiary/aromatic N) is 1. The Balaban J connectivity index is 2.48. The van der Waals surface area contributed by atoms with Crippen LogP contribution in [0.15, 0.2) is 18.2 Å². The van der Waals surface area contributed by atoms with Crippen LogP contribution in [0.1, 0.15) is 12.5 Å². The number of ether oxygens (including phenoxy) is 1. The van der Waals surface area contributed by atoms with E-state index in [0.717, 1.165) is 5.56 Å². The summed E-state index contributed by atoms with van der Waals surface area (Å²) in [4.78, 5) is 12.7. The number of benzene rings is 1. The van der Waals surface area contributed by atoms with Gasteiger partial charge in [0.05, 0.1) is 13.0 Å². The maximum absolute atomic E-state index is 13.5. The van der Waals surface area contributed by atoms with Crippen LogP contribution in [0.2, 0.25) is 0 Å². The number of carbonyl (C=O) groups is 1. The quantitative estimate of drug-likeness (QED) is 0.823. The average Bonchev–Trinajstić information content (AvgIpc) is 2.36. The van der Waals surface area contributed by atoms with Gasteiger partial charge in [-0.3, -0.25) is 4.79 Å². The molecule has 0 aromatic heterocycles. The van der Waals surface area contributed by atoms with Crippen molar-refractivity contribution in [2.24, 2.45) is 5.92 Å². The normalized spacial score (nSPS) is 12.5. The zero-order chi connectivity index (χ0) is 14.4. The summed E-state index contributed by atoms with van der Waals surface area (Å²) < 4.78 is 18.3. The minimum atomic E-state index is -0.803. The molecule has 0 heterocycles. The van der Waals surface area contributed by atoms with Crippen molar-refractivity contribution in [1.29, 1.82) is 0 Å². The summed E-state index contributed by atoms with van der Waals surface area (Å²) in [6, 6.07) is 4.87. The molecule has 1 atom stereocenters. The standard InChI is InChI=1S/C14H20FNO3/c1-10(14(17)18)9-16(2)7-6-11-4-5-13(19-3)12(15)8-11/h4-5,8,10H,6-7,9H2,1-3H3,(H,17,18). The Morgan fingerprint density at radius 3 is 2.74 bits per heavy atom. The minimum Gasteiger partial charge on any atom is -0.494 e. The molecule has 0 amide bonds. The second-order valence-electron chi connectivity index (χ2n) is 4.72. The highest BCUT2D eigenvalue weighted by molar-refractivity contribution is 5.69. The van der Waals surface area contributed by atoms with Gasteiger partial charge in [0.25, 0.3) is 0 Å². The van der Waals surface area contributed by atoms with Gasteiger partial charge in [-0.1, -0.05) is 13.0 Å². The van der Waals surface area contributed by atoms with E-state index in [-0.39, 0.29) is 11.6 Å². The van der Waals surface area contributed by atoms with Crippen LogP contribution < -0.4 is 4.74 Å². The molecule has 19 heavy (non-hydrogen) atoms. The van der Waals surface area contributed by atoms with Crippen LogP contribution in [0.25, 0.3) is 0 Å². The number of hydrogen-bond donors (Lipinski definition) is 1. The van der Waals surface area contributed by atoms with E-state index in [1.54, 1.807) is 13.0 Å². The summed E-state index contributed by atoms with van der Waals surface area (Å²) in [6.45, 7) is 2.84. The van der Waals surface area contributed by atoms with Gasteiger partial charge in [0, 0.05) is 13.1 Å². The van der Waals surface area contributed by atoms with Gasteiger partial charge < -0.3 is 14.7 Å². The first kappa shape index (κ1) is 15.4. The minimum absolute atomic E-state index is 0.233. The smallest absolute Gasteiger partial charge is 0.307 e. The van der Waals surface area contributed by atoms with Crippen LogP contribution in [0.5, 0.6) is 5.75 Å². The van der Waals surface area contributed by atoms with Crippen LogP contribution in [0.3, 0.4) is 0 Å². The van der Waals surface area contributed by atoms with Crippen molar-refractivity contribution in [1.82, 2.24) is 4.90 Å². The lowest BCUT2D eigenvalue weighted by Crippen LogP contribution is -2.30. The van der Waals surface area contributed by atoms with E-state index in [9.17, 15) is 9.18 Å². The summed E-state index contributed by atoms with van der Waals surface area (Å²) in [5.74, 6) is -1.35. The average molecular weight is 269 g/mol. The molecule has 1 N–H and O–H groups in total. The van der Waals surface area contributed by atoms with Crippen LogP contribution >= 0.6 is 0 Å². The van der Waals surface area contributed by atoms with Gasteiger partial charge in [-0.25, -0.2) is 4.39 Å². The first-order valence-corrected chi connectivity index (χ1v) is 6.17. The Labute approximate surface area is 112 Å². The van der Waals surface area contributed by atoms with Crippen molar-refractivity contribution in [3.8, 4) is 5.75 Å². The number of rotatable bonds is 7. The first-order chi connectivity index (χ1) is 8.93. The third kappa shape index (κ3) is 4.87. The molecule has 5 heteroatoms. The highest BCUT2D eigenvalue weighted by atomic mass is 19.1. The van der Waals surface area contributed by atoms with E-state index < -0.39 is 11.9 Å². The van der Waals surface area contributed by atoms with E-state index in [2.05, 4.69) is 0 Å². The lowest BCUT2D eigenvalue weighted by atomic mass is 10.1. The van der Waals surface area contributed by atoms with E-state index in [1.807, 2.05) is 18.0 Å². The van der Waals surface area contributed by atoms with E-state index >= 15 is 0 Å². The lowest BCUT2D eigenvalue weighted by Gasteiger charge is -2.19. The van der Waals surface area contributed by atoms with Crippen LogP contribution in [0, 0.1) is 11.7 Å². The van der Waals surface area contributed by atoms with Gasteiger partial charge in [0.1, 0.15) is 0 Å². The van der Waals surface area contributed by atoms with Crippen molar-refractivity contribution < 1.29 is 19.0 Å². The van der Waals surface area contributed by atoms with Crippen LogP contribution in [0.4, 0.5) is 4.39 Å². The second kappa shape index (κ2) is 7.09. The molecule has 1 rings (SSSR count). The Hall–Kier alpha value is -1.62. The molecule has 0 spiro atoms. The molecule has 0 aliphatic heterocycles. The Kier molecular flexibility index (Phi) is 5.76. The molecular formula is C14H20FNO3. The van der Waals surface area contributed by atoms with Crippen LogP contribution in [-0.2, 0) is 11.2 Å². The molecule has 4 nitrogen and oxygen atoms in total. The number of methoxy groups -OCH3 is 1. The molecule has 106 valence electrons. The molecule has 0 saturated carbocycles. The summed E-state index contributed by atoms with van der Waals surface area (Å²) in [7, 11) is 3.29. The molecule has 1 aromatic rings. The highest BCUT2D eigenvalue weighted by Crippen LogP contribution is 2.18. The van der Waals surface area contributed by atoms with E-state index in [0.29, 0.717) is 19.5 Å². The number of hydrogen-bond acceptors (Lipinski definition) is 3.